The van der Waals surface area contributed by atoms with Crippen LogP contribution < -0.4 is 5.32 Å². The van der Waals surface area contributed by atoms with E-state index >= 15 is 0 Å². The van der Waals surface area contributed by atoms with Crippen LogP contribution in [0.2, 0.25) is 0 Å². The molecule has 1 aliphatic heterocycles. The number of rotatable bonds is 4. The van der Waals surface area contributed by atoms with Gasteiger partial charge < -0.3 is 15.0 Å². The van der Waals surface area contributed by atoms with Gasteiger partial charge in [-0.25, -0.2) is 4.79 Å². The zero-order valence-electron chi connectivity index (χ0n) is 17.4. The molecule has 0 saturated carbocycles. The molecule has 28 heavy (non-hydrogen) atoms. The highest BCUT2D eigenvalue weighted by molar-refractivity contribution is 7.20. The molecule has 0 aliphatic carbocycles. The molecule has 1 saturated heterocycles. The third-order valence-electron chi connectivity index (χ3n) is 4.93. The lowest BCUT2D eigenvalue weighted by Gasteiger charge is -2.34. The quantitative estimate of drug-likeness (QED) is 0.840. The van der Waals surface area contributed by atoms with Gasteiger partial charge in [-0.1, -0.05) is 0 Å². The van der Waals surface area contributed by atoms with Crippen molar-refractivity contribution in [1.29, 1.82) is 0 Å². The average molecular weight is 407 g/mol. The highest BCUT2D eigenvalue weighted by atomic mass is 32.1. The minimum Gasteiger partial charge on any atom is -0.444 e. The van der Waals surface area contributed by atoms with Crippen LogP contribution in [-0.2, 0) is 11.8 Å². The molecule has 0 aromatic carbocycles. The number of aryl methyl sites for hydroxylation is 2. The summed E-state index contributed by atoms with van der Waals surface area (Å²) in [6.07, 6.45) is 2.66. The zero-order valence-corrected chi connectivity index (χ0v) is 18.2. The first-order valence-corrected chi connectivity index (χ1v) is 10.6. The van der Waals surface area contributed by atoms with Crippen molar-refractivity contribution >= 4 is 33.6 Å². The molecule has 7 nitrogen and oxygen atoms in total. The normalized spacial score (nSPS) is 17.8. The van der Waals surface area contributed by atoms with E-state index in [2.05, 4.69) is 10.4 Å². The zero-order chi connectivity index (χ0) is 20.5. The number of carbonyl (C=O) groups excluding carboxylic acids is 2. The Morgan fingerprint density at radius 2 is 2.14 bits per heavy atom. The smallest absolute Gasteiger partial charge is 0.410 e. The molecule has 1 aliphatic rings. The molecule has 154 valence electrons. The van der Waals surface area contributed by atoms with E-state index in [-0.39, 0.29) is 12.0 Å². The Morgan fingerprint density at radius 3 is 2.82 bits per heavy atom. The first kappa shape index (κ1) is 20.6. The second kappa shape index (κ2) is 8.11. The number of carbonyl (C=O) groups is 2. The van der Waals surface area contributed by atoms with Crippen LogP contribution in [-0.4, -0.2) is 51.9 Å². The minimum absolute atomic E-state index is 0.0413. The Hall–Kier alpha value is -2.09. The van der Waals surface area contributed by atoms with Gasteiger partial charge in [0.2, 0.25) is 0 Å². The van der Waals surface area contributed by atoms with Gasteiger partial charge in [-0.15, -0.1) is 11.3 Å². The van der Waals surface area contributed by atoms with Crippen molar-refractivity contribution in [2.75, 3.05) is 19.6 Å². The summed E-state index contributed by atoms with van der Waals surface area (Å²) in [4.78, 5) is 28.3. The number of nitrogens with one attached hydrogen (secondary N) is 1. The molecule has 8 heteroatoms. The Bertz CT molecular complexity index is 830. The summed E-state index contributed by atoms with van der Waals surface area (Å²) in [6.45, 7) is 9.65. The van der Waals surface area contributed by atoms with E-state index in [1.807, 2.05) is 45.5 Å². The van der Waals surface area contributed by atoms with Crippen molar-refractivity contribution in [3.05, 3.63) is 16.6 Å². The van der Waals surface area contributed by atoms with E-state index in [9.17, 15) is 9.59 Å². The van der Waals surface area contributed by atoms with Crippen molar-refractivity contribution < 1.29 is 14.3 Å². The number of ether oxygens (including phenoxy) is 1. The van der Waals surface area contributed by atoms with E-state index in [0.717, 1.165) is 41.7 Å². The maximum absolute atomic E-state index is 12.5. The summed E-state index contributed by atoms with van der Waals surface area (Å²) >= 11 is 1.47. The predicted molar refractivity (Wildman–Crippen MR) is 111 cm³/mol. The van der Waals surface area contributed by atoms with Gasteiger partial charge in [-0.3, -0.25) is 9.48 Å². The maximum Gasteiger partial charge on any atom is 0.410 e. The van der Waals surface area contributed by atoms with Gasteiger partial charge in [0.25, 0.3) is 5.91 Å². The van der Waals surface area contributed by atoms with E-state index in [1.54, 1.807) is 4.90 Å². The number of amides is 2. The number of fused-ring (bicyclic) bond motifs is 1. The Kier molecular flexibility index (Phi) is 5.98. The topological polar surface area (TPSA) is 76.5 Å². The molecule has 0 bridgehead atoms. The predicted octanol–water partition coefficient (Wildman–Crippen LogP) is 3.71. The van der Waals surface area contributed by atoms with E-state index in [4.69, 9.17) is 4.74 Å². The van der Waals surface area contributed by atoms with Crippen LogP contribution in [0.5, 0.6) is 0 Å². The molecule has 1 fully saturated rings. The standard InChI is InChI=1S/C20H30N4O3S/c1-13-15-11-16(28-18(15)23(5)22-13)17(25)21-9-8-14-7-6-10-24(12-14)19(26)27-20(2,3)4/h11,14H,6-10,12H2,1-5H3,(H,21,25). The van der Waals surface area contributed by atoms with Gasteiger partial charge in [0.15, 0.2) is 0 Å². The third kappa shape index (κ3) is 4.84. The summed E-state index contributed by atoms with van der Waals surface area (Å²) < 4.78 is 7.30. The molecule has 1 N–H and O–H groups in total. The molecular weight excluding hydrogens is 376 g/mol. The largest absolute Gasteiger partial charge is 0.444 e. The second-order valence-corrected chi connectivity index (χ2v) is 9.55. The second-order valence-electron chi connectivity index (χ2n) is 8.52. The monoisotopic (exact) mass is 406 g/mol. The average Bonchev–Trinajstić information content (AvgIpc) is 3.15. The van der Waals surface area contributed by atoms with Crippen molar-refractivity contribution in [3.8, 4) is 0 Å². The van der Waals surface area contributed by atoms with Crippen LogP contribution >= 0.6 is 11.3 Å². The van der Waals surface area contributed by atoms with Crippen LogP contribution in [0.15, 0.2) is 6.07 Å². The molecule has 1 unspecified atom stereocenters. The van der Waals surface area contributed by atoms with E-state index < -0.39 is 5.60 Å². The Morgan fingerprint density at radius 1 is 1.39 bits per heavy atom. The molecule has 2 aromatic heterocycles. The summed E-state index contributed by atoms with van der Waals surface area (Å²) in [5, 5.41) is 8.44. The van der Waals surface area contributed by atoms with Gasteiger partial charge >= 0.3 is 6.09 Å². The van der Waals surface area contributed by atoms with Crippen LogP contribution in [0.3, 0.4) is 0 Å². The van der Waals surface area contributed by atoms with Crippen LogP contribution in [0.4, 0.5) is 4.79 Å². The molecule has 2 aromatic rings. The van der Waals surface area contributed by atoms with Gasteiger partial charge in [0, 0.05) is 32.1 Å². The first-order valence-electron chi connectivity index (χ1n) is 9.83. The number of likely N-dealkylation sites (tertiary alicyclic amines) is 1. The molecule has 3 heterocycles. The SMILES string of the molecule is Cc1nn(C)c2sc(C(=O)NCCC3CCCN(C(=O)OC(C)(C)C)C3)cc12. The lowest BCUT2D eigenvalue weighted by molar-refractivity contribution is 0.0161. The van der Waals surface area contributed by atoms with Crippen molar-refractivity contribution in [1.82, 2.24) is 20.0 Å². The molecule has 3 rings (SSSR count). The lowest BCUT2D eigenvalue weighted by atomic mass is 9.95. The van der Waals surface area contributed by atoms with Crippen LogP contribution in [0, 0.1) is 12.8 Å². The van der Waals surface area contributed by atoms with E-state index in [1.165, 1.54) is 11.3 Å². The number of aromatic nitrogens is 2. The molecular formula is C20H30N4O3S. The van der Waals surface area contributed by atoms with Crippen LogP contribution in [0.1, 0.15) is 55.4 Å². The van der Waals surface area contributed by atoms with Gasteiger partial charge in [0.05, 0.1) is 10.6 Å². The fourth-order valence-corrected chi connectivity index (χ4v) is 4.63. The molecule has 2 amide bonds. The highest BCUT2D eigenvalue weighted by Crippen LogP contribution is 2.27. The Labute approximate surface area is 170 Å². The minimum atomic E-state index is -0.476. The first-order chi connectivity index (χ1) is 13.1. The number of thiophene rings is 1. The summed E-state index contributed by atoms with van der Waals surface area (Å²) in [5.74, 6) is 0.343. The Balaban J connectivity index is 1.49. The fraction of sp³-hybridized carbons (Fsp3) is 0.650. The number of hydrogen-bond acceptors (Lipinski definition) is 5. The summed E-state index contributed by atoms with van der Waals surface area (Å²) in [6, 6.07) is 1.92. The maximum atomic E-state index is 12.5. The fourth-order valence-electron chi connectivity index (χ4n) is 3.59. The van der Waals surface area contributed by atoms with Gasteiger partial charge in [0.1, 0.15) is 10.4 Å². The molecule has 0 radical (unpaired) electrons. The van der Waals surface area contributed by atoms with Crippen molar-refractivity contribution in [3.63, 3.8) is 0 Å². The van der Waals surface area contributed by atoms with Gasteiger partial charge in [-0.05, 0) is 58.9 Å². The summed E-state index contributed by atoms with van der Waals surface area (Å²) in [7, 11) is 1.90. The lowest BCUT2D eigenvalue weighted by Crippen LogP contribution is -2.43. The number of nitrogens with zero attached hydrogens (tertiary/aromatic N) is 3. The van der Waals surface area contributed by atoms with Crippen molar-refractivity contribution in [2.24, 2.45) is 13.0 Å². The van der Waals surface area contributed by atoms with Crippen LogP contribution in [0.25, 0.3) is 10.2 Å². The van der Waals surface area contributed by atoms with Crippen molar-refractivity contribution in [2.45, 2.75) is 52.6 Å². The van der Waals surface area contributed by atoms with Gasteiger partial charge in [-0.2, -0.15) is 5.10 Å². The number of hydrogen-bond donors (Lipinski definition) is 1. The highest BCUT2D eigenvalue weighted by Gasteiger charge is 2.27. The third-order valence-corrected chi connectivity index (χ3v) is 6.13. The van der Waals surface area contributed by atoms with E-state index in [0.29, 0.717) is 23.9 Å². The number of piperidine rings is 1. The molecule has 1 atom stereocenters. The molecule has 0 spiro atoms. The summed E-state index contributed by atoms with van der Waals surface area (Å²) in [5.41, 5.74) is 0.466.